The van der Waals surface area contributed by atoms with Crippen LogP contribution in [0.2, 0.25) is 0 Å². The van der Waals surface area contributed by atoms with E-state index in [1.165, 1.54) is 5.56 Å². The first-order chi connectivity index (χ1) is 17.7. The SMILES string of the molecule is Cc1ccc(N2C(Nc3ccc(Br)cc3)=Nc3ccccc3-n3c2nn2nc4ccccc4c32)cc1. The highest BCUT2D eigenvalue weighted by atomic mass is 79.9. The van der Waals surface area contributed by atoms with Crippen molar-refractivity contribution in [1.29, 1.82) is 0 Å². The van der Waals surface area contributed by atoms with Gasteiger partial charge in [0.15, 0.2) is 5.65 Å². The minimum absolute atomic E-state index is 0.643. The molecule has 0 fully saturated rings. The van der Waals surface area contributed by atoms with Crippen LogP contribution >= 0.6 is 15.9 Å². The summed E-state index contributed by atoms with van der Waals surface area (Å²) in [6, 6.07) is 32.6. The Labute approximate surface area is 215 Å². The maximum atomic E-state index is 5.12. The maximum Gasteiger partial charge on any atom is 0.243 e. The van der Waals surface area contributed by atoms with E-state index in [2.05, 4.69) is 69.1 Å². The van der Waals surface area contributed by atoms with Crippen molar-refractivity contribution >= 4 is 61.5 Å². The predicted octanol–water partition coefficient (Wildman–Crippen LogP) is 7.00. The summed E-state index contributed by atoms with van der Waals surface area (Å²) in [6.07, 6.45) is 0. The lowest BCUT2D eigenvalue weighted by Crippen LogP contribution is -2.33. The fourth-order valence-electron chi connectivity index (χ4n) is 4.56. The highest BCUT2D eigenvalue weighted by Crippen LogP contribution is 2.38. The van der Waals surface area contributed by atoms with E-state index in [0.717, 1.165) is 43.8 Å². The molecule has 0 radical (unpaired) electrons. The van der Waals surface area contributed by atoms with Crippen molar-refractivity contribution in [2.24, 2.45) is 4.99 Å². The number of anilines is 3. The van der Waals surface area contributed by atoms with Crippen LogP contribution in [0, 0.1) is 6.92 Å². The van der Waals surface area contributed by atoms with Gasteiger partial charge in [0.1, 0.15) is 0 Å². The molecule has 1 N–H and O–H groups in total. The molecule has 1 aliphatic rings. The summed E-state index contributed by atoms with van der Waals surface area (Å²) in [5.41, 5.74) is 6.60. The Kier molecular flexibility index (Phi) is 4.68. The smallest absolute Gasteiger partial charge is 0.243 e. The Bertz CT molecular complexity index is 1780. The molecule has 0 aliphatic carbocycles. The zero-order valence-corrected chi connectivity index (χ0v) is 20.9. The van der Waals surface area contributed by atoms with Gasteiger partial charge in [-0.2, -0.15) is 0 Å². The Hall–Kier alpha value is -4.43. The molecule has 3 heterocycles. The average molecular weight is 534 g/mol. The number of aromatic nitrogens is 4. The van der Waals surface area contributed by atoms with Gasteiger partial charge in [0.05, 0.1) is 22.6 Å². The first-order valence-electron chi connectivity index (χ1n) is 11.6. The number of nitrogens with zero attached hydrogens (tertiary/aromatic N) is 6. The van der Waals surface area contributed by atoms with Gasteiger partial charge in [0.25, 0.3) is 0 Å². The minimum Gasteiger partial charge on any atom is -0.325 e. The van der Waals surface area contributed by atoms with Crippen LogP contribution in [-0.4, -0.2) is 25.4 Å². The summed E-state index contributed by atoms with van der Waals surface area (Å²) in [5.74, 6) is 1.34. The lowest BCUT2D eigenvalue weighted by atomic mass is 10.2. The number of aliphatic imine (C=N–C) groups is 1. The third-order valence-corrected chi connectivity index (χ3v) is 6.81. The Morgan fingerprint density at radius 2 is 1.53 bits per heavy atom. The van der Waals surface area contributed by atoms with Crippen molar-refractivity contribution in [3.05, 3.63) is 107 Å². The summed E-state index contributed by atoms with van der Waals surface area (Å²) in [5, 5.41) is 14.3. The van der Waals surface area contributed by atoms with Gasteiger partial charge in [-0.05, 0) is 67.6 Å². The molecular formula is C28H20BrN7. The molecule has 1 aliphatic heterocycles. The van der Waals surface area contributed by atoms with Crippen LogP contribution in [0.25, 0.3) is 22.2 Å². The lowest BCUT2D eigenvalue weighted by Gasteiger charge is -2.24. The Morgan fingerprint density at radius 1 is 0.778 bits per heavy atom. The Balaban J connectivity index is 1.54. The van der Waals surface area contributed by atoms with Crippen LogP contribution in [0.15, 0.2) is 107 Å². The monoisotopic (exact) mass is 533 g/mol. The molecule has 4 aromatic carbocycles. The molecule has 0 spiro atoms. The van der Waals surface area contributed by atoms with Gasteiger partial charge in [-0.15, -0.1) is 14.8 Å². The highest BCUT2D eigenvalue weighted by Gasteiger charge is 2.30. The molecule has 0 saturated carbocycles. The van der Waals surface area contributed by atoms with Gasteiger partial charge >= 0.3 is 0 Å². The number of benzene rings is 4. The largest absolute Gasteiger partial charge is 0.325 e. The van der Waals surface area contributed by atoms with E-state index in [0.29, 0.717) is 11.9 Å². The summed E-state index contributed by atoms with van der Waals surface area (Å²) in [6.45, 7) is 2.08. The average Bonchev–Trinajstić information content (AvgIpc) is 3.39. The van der Waals surface area contributed by atoms with Crippen molar-refractivity contribution in [1.82, 2.24) is 19.4 Å². The number of hydrogen-bond acceptors (Lipinski definition) is 5. The molecule has 0 unspecified atom stereocenters. The highest BCUT2D eigenvalue weighted by molar-refractivity contribution is 9.10. The molecule has 6 aromatic rings. The molecular weight excluding hydrogens is 514 g/mol. The Morgan fingerprint density at radius 3 is 2.36 bits per heavy atom. The number of guanidine groups is 1. The first kappa shape index (κ1) is 20.9. The summed E-state index contributed by atoms with van der Waals surface area (Å²) < 4.78 is 4.88. The quantitative estimate of drug-likeness (QED) is 0.260. The fourth-order valence-corrected chi connectivity index (χ4v) is 4.83. The van der Waals surface area contributed by atoms with Gasteiger partial charge < -0.3 is 5.32 Å². The van der Waals surface area contributed by atoms with Crippen LogP contribution < -0.4 is 10.2 Å². The van der Waals surface area contributed by atoms with Gasteiger partial charge in [-0.3, -0.25) is 4.57 Å². The summed E-state index contributed by atoms with van der Waals surface area (Å²) in [4.78, 5) is 7.17. The van der Waals surface area contributed by atoms with Crippen LogP contribution in [-0.2, 0) is 0 Å². The molecule has 8 heteroatoms. The molecule has 2 aromatic heterocycles. The number of fused-ring (bicyclic) bond motifs is 7. The number of para-hydroxylation sites is 2. The third kappa shape index (κ3) is 3.30. The summed E-state index contributed by atoms with van der Waals surface area (Å²) >= 11 is 3.52. The molecule has 0 atom stereocenters. The van der Waals surface area contributed by atoms with E-state index >= 15 is 0 Å². The van der Waals surface area contributed by atoms with Crippen LogP contribution in [0.1, 0.15) is 5.56 Å². The molecule has 0 saturated heterocycles. The number of hydrogen-bond donors (Lipinski definition) is 1. The van der Waals surface area contributed by atoms with Crippen molar-refractivity contribution in [3.8, 4) is 5.69 Å². The number of aryl methyl sites for hydroxylation is 1. The van der Waals surface area contributed by atoms with Crippen molar-refractivity contribution in [2.45, 2.75) is 6.92 Å². The number of halogens is 1. The number of nitrogens with one attached hydrogen (secondary N) is 1. The number of rotatable bonds is 2. The molecule has 7 nitrogen and oxygen atoms in total. The van der Waals surface area contributed by atoms with Crippen molar-refractivity contribution in [2.75, 3.05) is 10.2 Å². The van der Waals surface area contributed by atoms with Crippen molar-refractivity contribution < 1.29 is 0 Å². The second-order valence-corrected chi connectivity index (χ2v) is 9.61. The predicted molar refractivity (Wildman–Crippen MR) is 148 cm³/mol. The van der Waals surface area contributed by atoms with E-state index in [1.54, 1.807) is 4.63 Å². The van der Waals surface area contributed by atoms with E-state index in [4.69, 9.17) is 15.2 Å². The first-order valence-corrected chi connectivity index (χ1v) is 12.4. The van der Waals surface area contributed by atoms with Gasteiger partial charge in [-0.1, -0.05) is 57.9 Å². The maximum absolute atomic E-state index is 5.12. The van der Waals surface area contributed by atoms with Gasteiger partial charge in [0.2, 0.25) is 11.9 Å². The zero-order valence-electron chi connectivity index (χ0n) is 19.3. The van der Waals surface area contributed by atoms with E-state index < -0.39 is 0 Å². The molecule has 36 heavy (non-hydrogen) atoms. The van der Waals surface area contributed by atoms with E-state index in [9.17, 15) is 0 Å². The van der Waals surface area contributed by atoms with E-state index in [1.807, 2.05) is 65.6 Å². The van der Waals surface area contributed by atoms with Gasteiger partial charge in [0, 0.05) is 15.5 Å². The zero-order chi connectivity index (χ0) is 24.2. The normalized spacial score (nSPS) is 12.8. The van der Waals surface area contributed by atoms with Gasteiger partial charge in [-0.25, -0.2) is 9.89 Å². The lowest BCUT2D eigenvalue weighted by molar-refractivity contribution is 0.833. The summed E-state index contributed by atoms with van der Waals surface area (Å²) in [7, 11) is 0. The topological polar surface area (TPSA) is 62.8 Å². The van der Waals surface area contributed by atoms with Crippen LogP contribution in [0.3, 0.4) is 0 Å². The van der Waals surface area contributed by atoms with Crippen LogP contribution in [0.4, 0.5) is 23.0 Å². The minimum atomic E-state index is 0.643. The third-order valence-electron chi connectivity index (χ3n) is 6.29. The second kappa shape index (κ2) is 8.07. The molecule has 7 rings (SSSR count). The standard InChI is InChI=1S/C28H20BrN7/c1-18-10-16-21(17-11-18)34-27(30-20-14-12-19(29)13-15-20)31-24-8-4-5-9-25(24)35-26-22-6-2-3-7-23(22)32-36(26)33-28(34)35/h2-17H,1H3,(H,30,31). The fraction of sp³-hybridized carbons (Fsp3) is 0.0357. The molecule has 0 bridgehead atoms. The van der Waals surface area contributed by atoms with Crippen molar-refractivity contribution in [3.63, 3.8) is 0 Å². The van der Waals surface area contributed by atoms with Crippen LogP contribution in [0.5, 0.6) is 0 Å². The molecule has 0 amide bonds. The van der Waals surface area contributed by atoms with E-state index in [-0.39, 0.29) is 0 Å². The second-order valence-electron chi connectivity index (χ2n) is 8.69. The molecule has 174 valence electrons.